The second-order valence-corrected chi connectivity index (χ2v) is 4.55. The van der Waals surface area contributed by atoms with E-state index in [9.17, 15) is 0 Å². The minimum absolute atomic E-state index is 0.298. The molecule has 0 aromatic rings. The van der Waals surface area contributed by atoms with Crippen LogP contribution in [-0.4, -0.2) is 5.71 Å². The number of allylic oxidation sites excluding steroid dienone is 2. The molecule has 1 aliphatic rings. The first kappa shape index (κ1) is 9.50. The highest BCUT2D eigenvalue weighted by Crippen LogP contribution is 2.36. The van der Waals surface area contributed by atoms with Gasteiger partial charge in [-0.1, -0.05) is 27.7 Å². The summed E-state index contributed by atoms with van der Waals surface area (Å²) in [6, 6.07) is 0. The third kappa shape index (κ3) is 1.77. The SMILES string of the molecule is CCC1=C(C(C)(C)C)CC(C)=N1. The lowest BCUT2D eigenvalue weighted by atomic mass is 9.83. The Morgan fingerprint density at radius 1 is 1.33 bits per heavy atom. The van der Waals surface area contributed by atoms with Crippen molar-refractivity contribution in [2.24, 2.45) is 10.4 Å². The van der Waals surface area contributed by atoms with Crippen molar-refractivity contribution < 1.29 is 0 Å². The summed E-state index contributed by atoms with van der Waals surface area (Å²) >= 11 is 0. The van der Waals surface area contributed by atoms with Gasteiger partial charge < -0.3 is 0 Å². The van der Waals surface area contributed by atoms with E-state index in [-0.39, 0.29) is 0 Å². The highest BCUT2D eigenvalue weighted by atomic mass is 14.8. The molecule has 0 N–H and O–H groups in total. The molecule has 1 nitrogen and oxygen atoms in total. The van der Waals surface area contributed by atoms with Crippen LogP contribution in [0.3, 0.4) is 0 Å². The van der Waals surface area contributed by atoms with Crippen LogP contribution in [0.5, 0.6) is 0 Å². The highest BCUT2D eigenvalue weighted by Gasteiger charge is 2.24. The molecule has 0 atom stereocenters. The molecule has 1 heterocycles. The first-order valence-corrected chi connectivity index (χ1v) is 4.71. The van der Waals surface area contributed by atoms with E-state index < -0.39 is 0 Å². The van der Waals surface area contributed by atoms with Crippen LogP contribution in [0, 0.1) is 5.41 Å². The Labute approximate surface area is 75.6 Å². The van der Waals surface area contributed by atoms with E-state index in [1.165, 1.54) is 17.0 Å². The van der Waals surface area contributed by atoms with Crippen molar-refractivity contribution in [1.82, 2.24) is 0 Å². The van der Waals surface area contributed by atoms with Crippen molar-refractivity contribution in [1.29, 1.82) is 0 Å². The van der Waals surface area contributed by atoms with Crippen LogP contribution in [0.2, 0.25) is 0 Å². The minimum Gasteiger partial charge on any atom is -0.262 e. The molecule has 68 valence electrons. The summed E-state index contributed by atoms with van der Waals surface area (Å²) in [5.74, 6) is 0. The largest absolute Gasteiger partial charge is 0.262 e. The average molecular weight is 165 g/mol. The molecule has 0 radical (unpaired) electrons. The van der Waals surface area contributed by atoms with Crippen LogP contribution < -0.4 is 0 Å². The summed E-state index contributed by atoms with van der Waals surface area (Å²) < 4.78 is 0. The molecule has 0 aromatic heterocycles. The number of aliphatic imine (C=N–C) groups is 1. The zero-order chi connectivity index (χ0) is 9.35. The van der Waals surface area contributed by atoms with Gasteiger partial charge in [-0.3, -0.25) is 4.99 Å². The third-order valence-corrected chi connectivity index (χ3v) is 2.35. The lowest BCUT2D eigenvalue weighted by molar-refractivity contribution is 0.492. The maximum atomic E-state index is 4.55. The van der Waals surface area contributed by atoms with Gasteiger partial charge in [0.1, 0.15) is 0 Å². The smallest absolute Gasteiger partial charge is 0.0401 e. The molecule has 1 heteroatoms. The molecular formula is C11H19N. The molecule has 12 heavy (non-hydrogen) atoms. The van der Waals surface area contributed by atoms with E-state index in [4.69, 9.17) is 0 Å². The van der Waals surface area contributed by atoms with E-state index in [0.29, 0.717) is 5.41 Å². The van der Waals surface area contributed by atoms with Crippen molar-refractivity contribution in [2.45, 2.75) is 47.5 Å². The summed E-state index contributed by atoms with van der Waals surface area (Å²) in [5, 5.41) is 0. The number of rotatable bonds is 1. The fraction of sp³-hybridized carbons (Fsp3) is 0.727. The van der Waals surface area contributed by atoms with Gasteiger partial charge in [-0.25, -0.2) is 0 Å². The molecule has 0 unspecified atom stereocenters. The van der Waals surface area contributed by atoms with Gasteiger partial charge in [0.25, 0.3) is 0 Å². The van der Waals surface area contributed by atoms with E-state index in [1.807, 2.05) is 0 Å². The van der Waals surface area contributed by atoms with Crippen LogP contribution in [0.25, 0.3) is 0 Å². The molecule has 0 aromatic carbocycles. The fourth-order valence-electron chi connectivity index (χ4n) is 1.69. The Morgan fingerprint density at radius 3 is 2.25 bits per heavy atom. The Morgan fingerprint density at radius 2 is 1.92 bits per heavy atom. The predicted molar refractivity (Wildman–Crippen MR) is 54.5 cm³/mol. The Bertz CT molecular complexity index is 238. The van der Waals surface area contributed by atoms with Gasteiger partial charge in [-0.05, 0) is 24.3 Å². The van der Waals surface area contributed by atoms with Gasteiger partial charge in [-0.15, -0.1) is 0 Å². The third-order valence-electron chi connectivity index (χ3n) is 2.35. The zero-order valence-corrected chi connectivity index (χ0v) is 8.86. The predicted octanol–water partition coefficient (Wildman–Crippen LogP) is 3.56. The molecule has 0 spiro atoms. The van der Waals surface area contributed by atoms with Crippen LogP contribution in [0.1, 0.15) is 47.5 Å². The maximum Gasteiger partial charge on any atom is 0.0401 e. The molecule has 0 aliphatic carbocycles. The monoisotopic (exact) mass is 165 g/mol. The second-order valence-electron chi connectivity index (χ2n) is 4.55. The summed E-state index contributed by atoms with van der Waals surface area (Å²) in [7, 11) is 0. The minimum atomic E-state index is 0.298. The molecule has 0 fully saturated rings. The summed E-state index contributed by atoms with van der Waals surface area (Å²) in [5.41, 5.74) is 4.42. The van der Waals surface area contributed by atoms with Crippen molar-refractivity contribution in [2.75, 3.05) is 0 Å². The Kier molecular flexibility index (Phi) is 2.41. The zero-order valence-electron chi connectivity index (χ0n) is 8.86. The van der Waals surface area contributed by atoms with Gasteiger partial charge in [0.2, 0.25) is 0 Å². The topological polar surface area (TPSA) is 12.4 Å². The first-order chi connectivity index (χ1) is 5.45. The molecular weight excluding hydrogens is 146 g/mol. The van der Waals surface area contributed by atoms with E-state index in [0.717, 1.165) is 12.8 Å². The molecule has 0 bridgehead atoms. The lowest BCUT2D eigenvalue weighted by Crippen LogP contribution is -2.10. The quantitative estimate of drug-likeness (QED) is 0.563. The highest BCUT2D eigenvalue weighted by molar-refractivity contribution is 5.88. The van der Waals surface area contributed by atoms with E-state index in [1.54, 1.807) is 0 Å². The first-order valence-electron chi connectivity index (χ1n) is 4.71. The molecule has 1 rings (SSSR count). The molecule has 0 saturated heterocycles. The molecule has 1 aliphatic heterocycles. The van der Waals surface area contributed by atoms with Crippen molar-refractivity contribution in [3.63, 3.8) is 0 Å². The maximum absolute atomic E-state index is 4.55. The standard InChI is InChI=1S/C11H19N/c1-6-10-9(11(3,4)5)7-8(2)12-10/h6-7H2,1-5H3. The second kappa shape index (κ2) is 3.04. The van der Waals surface area contributed by atoms with E-state index in [2.05, 4.69) is 39.6 Å². The average Bonchev–Trinajstić information content (AvgIpc) is 2.29. The van der Waals surface area contributed by atoms with Crippen LogP contribution >= 0.6 is 0 Å². The lowest BCUT2D eigenvalue weighted by Gasteiger charge is -2.21. The fourth-order valence-corrected chi connectivity index (χ4v) is 1.69. The van der Waals surface area contributed by atoms with Gasteiger partial charge >= 0.3 is 0 Å². The molecule has 0 amide bonds. The van der Waals surface area contributed by atoms with Crippen LogP contribution in [0.4, 0.5) is 0 Å². The van der Waals surface area contributed by atoms with Gasteiger partial charge in [0, 0.05) is 17.8 Å². The number of hydrogen-bond donors (Lipinski definition) is 0. The van der Waals surface area contributed by atoms with Gasteiger partial charge in [0.05, 0.1) is 0 Å². The summed E-state index contributed by atoms with van der Waals surface area (Å²) in [6.07, 6.45) is 2.16. The van der Waals surface area contributed by atoms with Gasteiger partial charge in [0.15, 0.2) is 0 Å². The number of hydrogen-bond acceptors (Lipinski definition) is 1. The summed E-state index contributed by atoms with van der Waals surface area (Å²) in [4.78, 5) is 4.55. The van der Waals surface area contributed by atoms with Crippen LogP contribution in [-0.2, 0) is 0 Å². The van der Waals surface area contributed by atoms with Crippen molar-refractivity contribution in [3.05, 3.63) is 11.3 Å². The summed E-state index contributed by atoms with van der Waals surface area (Å²) in [6.45, 7) is 11.1. The molecule has 0 saturated carbocycles. The van der Waals surface area contributed by atoms with Crippen molar-refractivity contribution in [3.8, 4) is 0 Å². The number of nitrogens with zero attached hydrogens (tertiary/aromatic N) is 1. The normalized spacial score (nSPS) is 18.6. The van der Waals surface area contributed by atoms with E-state index >= 15 is 0 Å². The van der Waals surface area contributed by atoms with Crippen LogP contribution in [0.15, 0.2) is 16.3 Å². The van der Waals surface area contributed by atoms with Crippen molar-refractivity contribution >= 4 is 5.71 Å². The Hall–Kier alpha value is -0.590. The van der Waals surface area contributed by atoms with Gasteiger partial charge in [-0.2, -0.15) is 0 Å². The Balaban J connectivity index is 2.93.